The Kier molecular flexibility index (Phi) is 3.92. The summed E-state index contributed by atoms with van der Waals surface area (Å²) in [5.74, 6) is 0. The van der Waals surface area contributed by atoms with Crippen molar-refractivity contribution in [1.29, 1.82) is 0 Å². The Morgan fingerprint density at radius 1 is 1.80 bits per heavy atom. The van der Waals surface area contributed by atoms with Gasteiger partial charge in [-0.25, -0.2) is 0 Å². The van der Waals surface area contributed by atoms with Crippen molar-refractivity contribution in [2.45, 2.75) is 6.32 Å². The lowest BCUT2D eigenvalue weighted by atomic mass is 10.0. The van der Waals surface area contributed by atoms with Crippen LogP contribution in [0.4, 0.5) is 4.32 Å². The minimum atomic E-state index is 0.375. The highest BCUT2D eigenvalue weighted by Gasteiger charge is 1.78. The SMILES string of the molecule is NCC[B]F. The van der Waals surface area contributed by atoms with Crippen LogP contribution in [0, 0.1) is 0 Å². The van der Waals surface area contributed by atoms with Crippen LogP contribution in [-0.2, 0) is 0 Å². The van der Waals surface area contributed by atoms with E-state index in [1.165, 1.54) is 0 Å². The van der Waals surface area contributed by atoms with Crippen molar-refractivity contribution in [3.05, 3.63) is 0 Å². The van der Waals surface area contributed by atoms with E-state index in [-0.39, 0.29) is 0 Å². The molecular formula is C2H6BFN. The van der Waals surface area contributed by atoms with Crippen LogP contribution < -0.4 is 5.73 Å². The molecule has 0 aliphatic carbocycles. The van der Waals surface area contributed by atoms with Crippen LogP contribution in [0.3, 0.4) is 0 Å². The second-order valence-electron chi connectivity index (χ2n) is 0.732. The molecule has 1 radical (unpaired) electrons. The number of hydrogen-bond donors (Lipinski definition) is 1. The molecule has 0 spiro atoms. The summed E-state index contributed by atoms with van der Waals surface area (Å²) in [4.78, 5) is 0. The van der Waals surface area contributed by atoms with Gasteiger partial charge in [-0.3, -0.25) is 0 Å². The molecule has 2 N–H and O–H groups in total. The van der Waals surface area contributed by atoms with Crippen molar-refractivity contribution in [3.8, 4) is 0 Å². The summed E-state index contributed by atoms with van der Waals surface area (Å²) < 4.78 is 10.8. The average Bonchev–Trinajstić information content (AvgIpc) is 1.41. The minimum Gasteiger partial charge on any atom is -0.343 e. The van der Waals surface area contributed by atoms with Gasteiger partial charge in [0.15, 0.2) is 0 Å². The van der Waals surface area contributed by atoms with Crippen LogP contribution in [0.15, 0.2) is 0 Å². The third-order valence-corrected chi connectivity index (χ3v) is 0.276. The summed E-state index contributed by atoms with van der Waals surface area (Å²) >= 11 is 0. The Morgan fingerprint density at radius 3 is 2.40 bits per heavy atom. The van der Waals surface area contributed by atoms with Crippen LogP contribution >= 0.6 is 0 Å². The number of halogens is 1. The summed E-state index contributed by atoms with van der Waals surface area (Å²) in [5, 5.41) is 0. The fraction of sp³-hybridized carbons (Fsp3) is 1.00. The Balaban J connectivity index is 2.19. The molecule has 0 bridgehead atoms. The zero-order chi connectivity index (χ0) is 4.12. The van der Waals surface area contributed by atoms with Gasteiger partial charge in [-0.15, -0.1) is 0 Å². The molecule has 0 aromatic heterocycles. The highest BCUT2D eigenvalue weighted by atomic mass is 19.1. The Labute approximate surface area is 31.6 Å². The van der Waals surface area contributed by atoms with E-state index in [0.717, 1.165) is 0 Å². The van der Waals surface area contributed by atoms with Crippen molar-refractivity contribution in [3.63, 3.8) is 0 Å². The van der Waals surface area contributed by atoms with Gasteiger partial charge >= 0.3 is 7.56 Å². The van der Waals surface area contributed by atoms with Gasteiger partial charge in [0.1, 0.15) is 0 Å². The van der Waals surface area contributed by atoms with Crippen molar-refractivity contribution in [2.24, 2.45) is 5.73 Å². The standard InChI is InChI=1S/C2H6BFN/c4-3-1-2-5/h1-2,5H2. The quantitative estimate of drug-likeness (QED) is 0.456. The van der Waals surface area contributed by atoms with Crippen LogP contribution in [0.5, 0.6) is 0 Å². The number of rotatable bonds is 2. The maximum Gasteiger partial charge on any atom is 0.355 e. The molecule has 0 heterocycles. The maximum absolute atomic E-state index is 10.8. The highest BCUT2D eigenvalue weighted by Crippen LogP contribution is 1.68. The van der Waals surface area contributed by atoms with Crippen LogP contribution in [-0.4, -0.2) is 14.1 Å². The van der Waals surface area contributed by atoms with Crippen LogP contribution in [0.25, 0.3) is 0 Å². The van der Waals surface area contributed by atoms with E-state index < -0.39 is 0 Å². The predicted molar refractivity (Wildman–Crippen MR) is 20.7 cm³/mol. The molecule has 0 aromatic carbocycles. The van der Waals surface area contributed by atoms with Gasteiger partial charge in [0.2, 0.25) is 0 Å². The van der Waals surface area contributed by atoms with Crippen LogP contribution in [0.2, 0.25) is 6.32 Å². The van der Waals surface area contributed by atoms with Gasteiger partial charge in [0.25, 0.3) is 0 Å². The summed E-state index contributed by atoms with van der Waals surface area (Å²) in [6.45, 7) is 0.413. The third kappa shape index (κ3) is 3.95. The molecule has 0 aliphatic heterocycles. The lowest BCUT2D eigenvalue weighted by Crippen LogP contribution is -1.98. The molecule has 0 aromatic rings. The predicted octanol–water partition coefficient (Wildman–Crippen LogP) is -0.0479. The third-order valence-electron chi connectivity index (χ3n) is 0.276. The van der Waals surface area contributed by atoms with Crippen LogP contribution in [0.1, 0.15) is 0 Å². The molecule has 0 amide bonds. The lowest BCUT2D eigenvalue weighted by molar-refractivity contribution is 0.852. The fourth-order valence-corrected chi connectivity index (χ4v) is 0.0630. The molecule has 29 valence electrons. The highest BCUT2D eigenvalue weighted by molar-refractivity contribution is 6.26. The van der Waals surface area contributed by atoms with Crippen molar-refractivity contribution >= 4 is 7.56 Å². The molecule has 1 nitrogen and oxygen atoms in total. The monoisotopic (exact) mass is 74.1 g/mol. The lowest BCUT2D eigenvalue weighted by Gasteiger charge is -1.74. The molecule has 0 atom stereocenters. The Morgan fingerprint density at radius 2 is 2.40 bits per heavy atom. The first-order chi connectivity index (χ1) is 2.41. The normalized spacial score (nSPS) is 7.60. The average molecular weight is 73.9 g/mol. The van der Waals surface area contributed by atoms with E-state index in [1.807, 2.05) is 0 Å². The zero-order valence-corrected chi connectivity index (χ0v) is 2.95. The molecule has 0 saturated heterocycles. The van der Waals surface area contributed by atoms with Gasteiger partial charge in [-0.05, 0) is 12.9 Å². The minimum absolute atomic E-state index is 0.375. The summed E-state index contributed by atoms with van der Waals surface area (Å²) in [5.41, 5.74) is 4.87. The van der Waals surface area contributed by atoms with Crippen molar-refractivity contribution in [2.75, 3.05) is 6.54 Å². The molecule has 0 saturated carbocycles. The molecule has 0 fully saturated rings. The van der Waals surface area contributed by atoms with Gasteiger partial charge in [-0.1, -0.05) is 0 Å². The Bertz CT molecular complexity index is 17.1. The first-order valence-electron chi connectivity index (χ1n) is 1.53. The molecule has 0 rings (SSSR count). The second kappa shape index (κ2) is 3.95. The fourth-order valence-electron chi connectivity index (χ4n) is 0.0630. The summed E-state index contributed by atoms with van der Waals surface area (Å²) in [6, 6.07) is 0. The maximum atomic E-state index is 10.8. The van der Waals surface area contributed by atoms with Crippen molar-refractivity contribution in [1.82, 2.24) is 0 Å². The molecular weight excluding hydrogens is 67.8 g/mol. The number of nitrogens with two attached hydrogens (primary N) is 1. The molecule has 0 unspecified atom stereocenters. The molecule has 0 aliphatic rings. The second-order valence-corrected chi connectivity index (χ2v) is 0.732. The van der Waals surface area contributed by atoms with E-state index in [2.05, 4.69) is 0 Å². The smallest absolute Gasteiger partial charge is 0.343 e. The van der Waals surface area contributed by atoms with E-state index in [4.69, 9.17) is 5.73 Å². The van der Waals surface area contributed by atoms with Crippen molar-refractivity contribution < 1.29 is 4.32 Å². The summed E-state index contributed by atoms with van der Waals surface area (Å²) in [6.07, 6.45) is 0.375. The van der Waals surface area contributed by atoms with E-state index in [0.29, 0.717) is 20.4 Å². The first kappa shape index (κ1) is 4.95. The zero-order valence-electron chi connectivity index (χ0n) is 2.95. The first-order valence-corrected chi connectivity index (χ1v) is 1.53. The van der Waals surface area contributed by atoms with Gasteiger partial charge in [0.05, 0.1) is 0 Å². The van der Waals surface area contributed by atoms with E-state index >= 15 is 0 Å². The van der Waals surface area contributed by atoms with E-state index in [9.17, 15) is 4.32 Å². The molecule has 5 heavy (non-hydrogen) atoms. The Hall–Kier alpha value is -0.0451. The van der Waals surface area contributed by atoms with Gasteiger partial charge in [0, 0.05) is 0 Å². The van der Waals surface area contributed by atoms with Gasteiger partial charge in [-0.2, -0.15) is 0 Å². The number of hydrogen-bond acceptors (Lipinski definition) is 1. The van der Waals surface area contributed by atoms with Gasteiger partial charge < -0.3 is 10.0 Å². The van der Waals surface area contributed by atoms with E-state index in [1.54, 1.807) is 0 Å². The molecule has 3 heteroatoms. The largest absolute Gasteiger partial charge is 0.355 e. The summed E-state index contributed by atoms with van der Waals surface area (Å²) in [7, 11) is 0.556. The topological polar surface area (TPSA) is 26.0 Å².